The summed E-state index contributed by atoms with van der Waals surface area (Å²) < 4.78 is 26.8. The third kappa shape index (κ3) is 3.52. The van der Waals surface area contributed by atoms with Gasteiger partial charge in [-0.3, -0.25) is 0 Å². The van der Waals surface area contributed by atoms with E-state index in [1.165, 1.54) is 24.5 Å². The molecule has 0 aliphatic rings. The van der Waals surface area contributed by atoms with Gasteiger partial charge in [0.25, 0.3) is 0 Å². The summed E-state index contributed by atoms with van der Waals surface area (Å²) in [5, 5.41) is 26.8. The predicted octanol–water partition coefficient (Wildman–Crippen LogP) is 6.34. The zero-order valence-electron chi connectivity index (χ0n) is 20.5. The van der Waals surface area contributed by atoms with Crippen LogP contribution in [0.25, 0.3) is 65.3 Å². The minimum Gasteiger partial charge on any atom is -0.228 e. The van der Waals surface area contributed by atoms with E-state index in [0.29, 0.717) is 10.7 Å². The first-order valence-corrected chi connectivity index (χ1v) is 12.2. The van der Waals surface area contributed by atoms with E-state index in [9.17, 15) is 19.3 Å². The molecule has 0 aliphatic carbocycles. The average Bonchev–Trinajstić information content (AvgIpc) is 3.44. The Morgan fingerprint density at radius 2 is 0.875 bits per heavy atom. The Labute approximate surface area is 224 Å². The van der Waals surface area contributed by atoms with Crippen LogP contribution in [-0.2, 0) is 0 Å². The van der Waals surface area contributed by atoms with E-state index < -0.39 is 11.9 Å². The number of nitrogens with zero attached hydrogens (tertiary/aromatic N) is 6. The molecule has 8 heteroatoms. The molecule has 0 N–H and O–H groups in total. The number of aromatic nitrogens is 2. The van der Waals surface area contributed by atoms with Gasteiger partial charge < -0.3 is 0 Å². The normalized spacial score (nSPS) is 12.5. The molecule has 0 saturated carbocycles. The number of nitriles is 2. The van der Waals surface area contributed by atoms with Crippen LogP contribution in [0.1, 0.15) is 0 Å². The molecule has 0 saturated heterocycles. The maximum atomic E-state index is 13.4. The lowest BCUT2D eigenvalue weighted by molar-refractivity contribution is 0.583. The van der Waals surface area contributed by atoms with Crippen LogP contribution in [0.4, 0.5) is 8.78 Å². The molecule has 2 aromatic heterocycles. The highest BCUT2D eigenvalue weighted by Gasteiger charge is 2.16. The first kappa shape index (κ1) is 23.3. The van der Waals surface area contributed by atoms with Crippen molar-refractivity contribution in [1.29, 1.82) is 10.5 Å². The lowest BCUT2D eigenvalue weighted by Gasteiger charge is -2.02. The van der Waals surface area contributed by atoms with Gasteiger partial charge in [0.15, 0.2) is 0 Å². The summed E-state index contributed by atoms with van der Waals surface area (Å²) in [6.07, 6.45) is 6.79. The summed E-state index contributed by atoms with van der Waals surface area (Å²) in [5.74, 6) is -1.12. The molecular formula is C32H14F2N6. The van der Waals surface area contributed by atoms with Crippen molar-refractivity contribution in [3.05, 3.63) is 108 Å². The zero-order chi connectivity index (χ0) is 27.4. The maximum absolute atomic E-state index is 13.4. The van der Waals surface area contributed by atoms with Gasteiger partial charge in [-0.15, -0.1) is 0 Å². The van der Waals surface area contributed by atoms with Crippen molar-refractivity contribution in [3.8, 4) is 34.6 Å². The van der Waals surface area contributed by atoms with Crippen molar-refractivity contribution in [2.24, 2.45) is 9.98 Å². The van der Waals surface area contributed by atoms with Crippen molar-refractivity contribution >= 4 is 43.1 Å². The minimum absolute atomic E-state index is 0.536. The smallest absolute Gasteiger partial charge is 0.212 e. The molecule has 0 aliphatic heterocycles. The number of halogens is 2. The summed E-state index contributed by atoms with van der Waals surface area (Å²) in [6, 6.07) is 21.5. The van der Waals surface area contributed by atoms with Crippen LogP contribution in [0.5, 0.6) is 0 Å². The van der Waals surface area contributed by atoms with E-state index in [-0.39, 0.29) is 0 Å². The van der Waals surface area contributed by atoms with E-state index in [2.05, 4.69) is 20.0 Å². The van der Waals surface area contributed by atoms with Gasteiger partial charge in [-0.2, -0.15) is 29.3 Å². The van der Waals surface area contributed by atoms with Crippen LogP contribution >= 0.6 is 0 Å². The molecule has 5 aromatic carbocycles. The summed E-state index contributed by atoms with van der Waals surface area (Å²) in [6.45, 7) is 0. The first-order valence-electron chi connectivity index (χ1n) is 12.2. The third-order valence-electron chi connectivity index (χ3n) is 7.24. The number of fused-ring (bicyclic) bond motifs is 6. The molecule has 2 heterocycles. The Morgan fingerprint density at radius 3 is 1.25 bits per heavy atom. The van der Waals surface area contributed by atoms with Crippen molar-refractivity contribution in [3.63, 3.8) is 0 Å². The van der Waals surface area contributed by atoms with Crippen molar-refractivity contribution in [2.45, 2.75) is 0 Å². The molecule has 0 atom stereocenters. The van der Waals surface area contributed by atoms with Crippen LogP contribution in [0.15, 0.2) is 95.2 Å². The monoisotopic (exact) mass is 520 g/mol. The number of benzene rings is 3. The molecule has 186 valence electrons. The largest absolute Gasteiger partial charge is 0.228 e. The van der Waals surface area contributed by atoms with Crippen LogP contribution in [0.3, 0.4) is 0 Å². The summed E-state index contributed by atoms with van der Waals surface area (Å²) in [7, 11) is 0. The van der Waals surface area contributed by atoms with Gasteiger partial charge in [-0.25, -0.2) is 9.97 Å². The average molecular weight is 521 g/mol. The van der Waals surface area contributed by atoms with Gasteiger partial charge in [-0.1, -0.05) is 24.3 Å². The van der Waals surface area contributed by atoms with E-state index >= 15 is 0 Å². The second-order valence-corrected chi connectivity index (χ2v) is 9.32. The molecule has 0 fully saturated rings. The van der Waals surface area contributed by atoms with Crippen LogP contribution in [-0.4, -0.2) is 9.97 Å². The Kier molecular flexibility index (Phi) is 5.16. The second kappa shape index (κ2) is 8.87. The molecule has 7 aromatic rings. The fourth-order valence-corrected chi connectivity index (χ4v) is 5.47. The molecule has 0 unspecified atom stereocenters. The number of hydrogen-bond donors (Lipinski definition) is 0. The molecule has 0 amide bonds. The molecule has 0 spiro atoms. The number of pyridine rings is 2. The van der Waals surface area contributed by atoms with E-state index in [1.54, 1.807) is 12.1 Å². The second-order valence-electron chi connectivity index (χ2n) is 9.32. The van der Waals surface area contributed by atoms with E-state index in [4.69, 9.17) is 0 Å². The standard InChI is InChI=1S/C32H14F2N6/c33-29-7-3-19(13-37-29)17-1-5-21-23-11-28-24(12-27(23)31(39-15-35)25(21)9-17)22-6-2-18(10-26(22)32(28)40-16-36)20-4-8-30(34)38-14-20/h1-14H/b39-31+,40-32+. The van der Waals surface area contributed by atoms with Gasteiger partial charge >= 0.3 is 0 Å². The lowest BCUT2D eigenvalue weighted by atomic mass is 10.0. The Morgan fingerprint density at radius 1 is 0.475 bits per heavy atom. The Balaban J connectivity index is 1.54. The van der Waals surface area contributed by atoms with Gasteiger partial charge in [-0.05, 0) is 81.2 Å². The first-order chi connectivity index (χ1) is 19.6. The highest BCUT2D eigenvalue weighted by atomic mass is 19.1. The Bertz CT molecular complexity index is 2180. The van der Waals surface area contributed by atoms with Crippen LogP contribution in [0, 0.1) is 34.8 Å². The summed E-state index contributed by atoms with van der Waals surface area (Å²) in [5.41, 5.74) is 3.11. The SMILES string of the molecule is N#C/N=c1\c2cc(-c3ccc(F)nc3)ccc2c2cc3/c(=N/C#N)c4cc(-c5ccc(F)nc5)ccc4c3cc12. The van der Waals surface area contributed by atoms with Crippen LogP contribution in [0.2, 0.25) is 0 Å². The fraction of sp³-hybridized carbons (Fsp3) is 0. The molecule has 0 radical (unpaired) electrons. The highest BCUT2D eigenvalue weighted by molar-refractivity contribution is 6.21. The predicted molar refractivity (Wildman–Crippen MR) is 148 cm³/mol. The topological polar surface area (TPSA) is 98.1 Å². The van der Waals surface area contributed by atoms with Crippen molar-refractivity contribution < 1.29 is 8.78 Å². The zero-order valence-corrected chi connectivity index (χ0v) is 20.5. The fourth-order valence-electron chi connectivity index (χ4n) is 5.47. The molecule has 6 nitrogen and oxygen atoms in total. The molecular weight excluding hydrogens is 506 g/mol. The summed E-state index contributed by atoms with van der Waals surface area (Å²) >= 11 is 0. The molecule has 7 rings (SSSR count). The van der Waals surface area contributed by atoms with E-state index in [0.717, 1.165) is 65.3 Å². The lowest BCUT2D eigenvalue weighted by Crippen LogP contribution is -1.99. The van der Waals surface area contributed by atoms with Gasteiger partial charge in [0.2, 0.25) is 24.3 Å². The number of hydrogen-bond acceptors (Lipinski definition) is 6. The maximum Gasteiger partial charge on any atom is 0.212 e. The van der Waals surface area contributed by atoms with Gasteiger partial charge in [0.05, 0.1) is 10.7 Å². The third-order valence-corrected chi connectivity index (χ3v) is 7.24. The highest BCUT2D eigenvalue weighted by Crippen LogP contribution is 2.35. The van der Waals surface area contributed by atoms with Crippen molar-refractivity contribution in [2.75, 3.05) is 0 Å². The van der Waals surface area contributed by atoms with Crippen molar-refractivity contribution in [1.82, 2.24) is 9.97 Å². The quantitative estimate of drug-likeness (QED) is 0.196. The van der Waals surface area contributed by atoms with E-state index in [1.807, 2.05) is 60.9 Å². The van der Waals surface area contributed by atoms with Gasteiger partial charge in [0, 0.05) is 45.1 Å². The Hall–Kier alpha value is -5.86. The van der Waals surface area contributed by atoms with Crippen LogP contribution < -0.4 is 10.7 Å². The minimum atomic E-state index is -0.560. The molecule has 40 heavy (non-hydrogen) atoms. The number of rotatable bonds is 2. The van der Waals surface area contributed by atoms with Gasteiger partial charge in [0.1, 0.15) is 0 Å². The molecule has 0 bridgehead atoms. The summed E-state index contributed by atoms with van der Waals surface area (Å²) in [4.78, 5) is 15.9.